The van der Waals surface area contributed by atoms with Crippen LogP contribution < -0.4 is 10.6 Å². The molecule has 0 radical (unpaired) electrons. The number of aromatic nitrogens is 5. The average Bonchev–Trinajstić information content (AvgIpc) is 2.85. The Morgan fingerprint density at radius 2 is 2.00 bits per heavy atom. The molecule has 1 saturated carbocycles. The number of anilines is 2. The topological polar surface area (TPSA) is 80.5 Å². The highest BCUT2D eigenvalue weighted by Gasteiger charge is 2.46. The number of rotatable bonds is 4. The SMILES string of the molecule is CNc1nc(NC2CC2(C)C)nc(-n2ccnc2)n1. The molecule has 7 heteroatoms. The molecule has 7 nitrogen and oxygen atoms in total. The normalized spacial score (nSPS) is 20.1. The molecule has 2 heterocycles. The molecule has 1 unspecified atom stereocenters. The van der Waals surface area contributed by atoms with E-state index in [1.54, 1.807) is 30.3 Å². The van der Waals surface area contributed by atoms with Crippen LogP contribution in [0.3, 0.4) is 0 Å². The van der Waals surface area contributed by atoms with Crippen molar-refractivity contribution in [3.05, 3.63) is 18.7 Å². The Morgan fingerprint density at radius 3 is 2.58 bits per heavy atom. The second kappa shape index (κ2) is 4.18. The lowest BCUT2D eigenvalue weighted by atomic mass is 10.2. The standard InChI is InChI=1S/C12H17N7/c1-12(2)6-8(12)15-10-16-9(13-3)17-11(18-10)19-5-4-14-7-19/h4-5,7-8H,6H2,1-3H3,(H2,13,15,16,17,18). The molecule has 0 aliphatic heterocycles. The van der Waals surface area contributed by atoms with Crippen molar-refractivity contribution in [2.45, 2.75) is 26.3 Å². The summed E-state index contributed by atoms with van der Waals surface area (Å²) in [6, 6.07) is 0.426. The molecule has 0 amide bonds. The summed E-state index contributed by atoms with van der Waals surface area (Å²) in [5.74, 6) is 1.69. The van der Waals surface area contributed by atoms with Crippen molar-refractivity contribution in [2.75, 3.05) is 17.7 Å². The predicted molar refractivity (Wildman–Crippen MR) is 72.3 cm³/mol. The van der Waals surface area contributed by atoms with E-state index in [4.69, 9.17) is 0 Å². The molecule has 2 aromatic rings. The second-order valence-corrected chi connectivity index (χ2v) is 5.39. The lowest BCUT2D eigenvalue weighted by molar-refractivity contribution is 0.628. The molecule has 0 aromatic carbocycles. The maximum atomic E-state index is 4.42. The minimum Gasteiger partial charge on any atom is -0.357 e. The molecule has 1 aliphatic rings. The van der Waals surface area contributed by atoms with Crippen molar-refractivity contribution < 1.29 is 0 Å². The van der Waals surface area contributed by atoms with E-state index in [-0.39, 0.29) is 0 Å². The molecule has 0 spiro atoms. The first-order valence-corrected chi connectivity index (χ1v) is 6.27. The van der Waals surface area contributed by atoms with E-state index in [1.165, 1.54) is 0 Å². The van der Waals surface area contributed by atoms with E-state index in [9.17, 15) is 0 Å². The fraction of sp³-hybridized carbons (Fsp3) is 0.500. The maximum Gasteiger partial charge on any atom is 0.241 e. The maximum absolute atomic E-state index is 4.42. The van der Waals surface area contributed by atoms with Crippen LogP contribution in [0.25, 0.3) is 5.95 Å². The molecule has 100 valence electrons. The molecule has 2 aromatic heterocycles. The third-order valence-corrected chi connectivity index (χ3v) is 3.40. The predicted octanol–water partition coefficient (Wildman–Crippen LogP) is 1.31. The highest BCUT2D eigenvalue weighted by Crippen LogP contribution is 2.46. The molecule has 2 N–H and O–H groups in total. The van der Waals surface area contributed by atoms with E-state index in [1.807, 2.05) is 0 Å². The molecule has 19 heavy (non-hydrogen) atoms. The third-order valence-electron chi connectivity index (χ3n) is 3.40. The van der Waals surface area contributed by atoms with Gasteiger partial charge in [0.1, 0.15) is 6.33 Å². The first-order chi connectivity index (χ1) is 9.08. The van der Waals surface area contributed by atoms with Gasteiger partial charge < -0.3 is 10.6 Å². The van der Waals surface area contributed by atoms with Gasteiger partial charge in [-0.25, -0.2) is 4.98 Å². The van der Waals surface area contributed by atoms with Crippen LogP contribution >= 0.6 is 0 Å². The monoisotopic (exact) mass is 259 g/mol. The van der Waals surface area contributed by atoms with Gasteiger partial charge in [0.25, 0.3) is 0 Å². The number of imidazole rings is 1. The highest BCUT2D eigenvalue weighted by atomic mass is 15.3. The summed E-state index contributed by atoms with van der Waals surface area (Å²) in [6.07, 6.45) is 6.30. The van der Waals surface area contributed by atoms with Crippen molar-refractivity contribution in [1.29, 1.82) is 0 Å². The van der Waals surface area contributed by atoms with Crippen LogP contribution in [0.15, 0.2) is 18.7 Å². The van der Waals surface area contributed by atoms with Gasteiger partial charge in [0, 0.05) is 25.5 Å². The van der Waals surface area contributed by atoms with Crippen molar-refractivity contribution in [1.82, 2.24) is 24.5 Å². The van der Waals surface area contributed by atoms with Gasteiger partial charge in [-0.05, 0) is 11.8 Å². The minimum absolute atomic E-state index is 0.321. The third kappa shape index (κ3) is 2.35. The minimum atomic E-state index is 0.321. The van der Waals surface area contributed by atoms with Gasteiger partial charge in [0.15, 0.2) is 0 Å². The smallest absolute Gasteiger partial charge is 0.241 e. The summed E-state index contributed by atoms with van der Waals surface area (Å²) in [4.78, 5) is 17.1. The van der Waals surface area contributed by atoms with Crippen LogP contribution in [0.5, 0.6) is 0 Å². The van der Waals surface area contributed by atoms with Gasteiger partial charge in [0.05, 0.1) is 0 Å². The number of nitrogens with one attached hydrogen (secondary N) is 2. The molecule has 0 saturated heterocycles. The summed E-state index contributed by atoms with van der Waals surface area (Å²) < 4.78 is 1.76. The molecule has 3 rings (SSSR count). The fourth-order valence-electron chi connectivity index (χ4n) is 1.90. The van der Waals surface area contributed by atoms with Crippen LogP contribution in [-0.4, -0.2) is 37.6 Å². The van der Waals surface area contributed by atoms with Gasteiger partial charge in [0.2, 0.25) is 17.8 Å². The molecule has 1 aliphatic carbocycles. The van der Waals surface area contributed by atoms with Crippen molar-refractivity contribution in [3.63, 3.8) is 0 Å². The largest absolute Gasteiger partial charge is 0.357 e. The molecule has 1 fully saturated rings. The van der Waals surface area contributed by atoms with Gasteiger partial charge >= 0.3 is 0 Å². The van der Waals surface area contributed by atoms with Crippen LogP contribution in [0.2, 0.25) is 0 Å². The first-order valence-electron chi connectivity index (χ1n) is 6.27. The van der Waals surface area contributed by atoms with Crippen LogP contribution in [0.4, 0.5) is 11.9 Å². The number of nitrogens with zero attached hydrogens (tertiary/aromatic N) is 5. The number of hydrogen-bond donors (Lipinski definition) is 2. The Labute approximate surface area is 111 Å². The summed E-state index contributed by atoms with van der Waals surface area (Å²) in [7, 11) is 1.79. The molecular weight excluding hydrogens is 242 g/mol. The van der Waals surface area contributed by atoms with E-state index in [0.717, 1.165) is 6.42 Å². The summed E-state index contributed by atoms with van der Waals surface area (Å²) >= 11 is 0. The van der Waals surface area contributed by atoms with Crippen LogP contribution in [0, 0.1) is 5.41 Å². The Morgan fingerprint density at radius 1 is 1.26 bits per heavy atom. The Bertz CT molecular complexity index is 576. The number of hydrogen-bond acceptors (Lipinski definition) is 6. The Hall–Kier alpha value is -2.18. The lowest BCUT2D eigenvalue weighted by Gasteiger charge is -2.09. The van der Waals surface area contributed by atoms with Crippen LogP contribution in [0.1, 0.15) is 20.3 Å². The van der Waals surface area contributed by atoms with Crippen molar-refractivity contribution in [2.24, 2.45) is 5.41 Å². The zero-order valence-corrected chi connectivity index (χ0v) is 11.3. The zero-order chi connectivity index (χ0) is 13.5. The first kappa shape index (κ1) is 11.9. The summed E-state index contributed by atoms with van der Waals surface area (Å²) in [5.41, 5.74) is 0.321. The van der Waals surface area contributed by atoms with Gasteiger partial charge in [-0.15, -0.1) is 0 Å². The van der Waals surface area contributed by atoms with Gasteiger partial charge in [-0.1, -0.05) is 13.8 Å². The lowest BCUT2D eigenvalue weighted by Crippen LogP contribution is -2.14. The Kier molecular flexibility index (Phi) is 2.62. The molecular formula is C12H17N7. The van der Waals surface area contributed by atoms with Gasteiger partial charge in [-0.3, -0.25) is 4.57 Å². The van der Waals surface area contributed by atoms with E-state index in [2.05, 4.69) is 44.4 Å². The second-order valence-electron chi connectivity index (χ2n) is 5.39. The van der Waals surface area contributed by atoms with Crippen molar-refractivity contribution in [3.8, 4) is 5.95 Å². The van der Waals surface area contributed by atoms with E-state index < -0.39 is 0 Å². The fourth-order valence-corrected chi connectivity index (χ4v) is 1.90. The summed E-state index contributed by atoms with van der Waals surface area (Å²) in [5, 5.41) is 6.30. The quantitative estimate of drug-likeness (QED) is 0.861. The average molecular weight is 259 g/mol. The van der Waals surface area contributed by atoms with E-state index >= 15 is 0 Å². The molecule has 1 atom stereocenters. The summed E-state index contributed by atoms with van der Waals surface area (Å²) in [6.45, 7) is 4.45. The van der Waals surface area contributed by atoms with Crippen molar-refractivity contribution >= 4 is 11.9 Å². The van der Waals surface area contributed by atoms with E-state index in [0.29, 0.717) is 29.3 Å². The van der Waals surface area contributed by atoms with Gasteiger partial charge in [-0.2, -0.15) is 15.0 Å². The van der Waals surface area contributed by atoms with Crippen LogP contribution in [-0.2, 0) is 0 Å². The highest BCUT2D eigenvalue weighted by molar-refractivity contribution is 5.40. The Balaban J connectivity index is 1.89. The zero-order valence-electron chi connectivity index (χ0n) is 11.3. The molecule has 0 bridgehead atoms.